The lowest BCUT2D eigenvalue weighted by Crippen LogP contribution is -2.49. The predicted octanol–water partition coefficient (Wildman–Crippen LogP) is 11.4. The number of rotatable bonds is 4. The first-order chi connectivity index (χ1) is 26.8. The number of nitrogens with one attached hydrogen (secondary N) is 2. The molecule has 19 heteroatoms. The van der Waals surface area contributed by atoms with Gasteiger partial charge in [-0.1, -0.05) is 57.5 Å². The molecule has 0 unspecified atom stereocenters. The Morgan fingerprint density at radius 1 is 0.683 bits per heavy atom. The number of hydrogen-bond donors (Lipinski definition) is 2. The van der Waals surface area contributed by atoms with Gasteiger partial charge in [0.05, 0.1) is 17.2 Å². The molecule has 2 aromatic carbocycles. The summed E-state index contributed by atoms with van der Waals surface area (Å²) in [5, 5.41) is 3.55. The second-order valence-corrected chi connectivity index (χ2v) is 19.8. The minimum Gasteiger partial charge on any atom is -0.444 e. The summed E-state index contributed by atoms with van der Waals surface area (Å²) in [7, 11) is 0. The van der Waals surface area contributed by atoms with Gasteiger partial charge in [-0.15, -0.1) is 0 Å². The highest BCUT2D eigenvalue weighted by Crippen LogP contribution is 2.47. The molecule has 6 atom stereocenters. The number of amides is 3. The van der Waals surface area contributed by atoms with Crippen molar-refractivity contribution in [3.8, 4) is 0 Å². The molecule has 3 aromatic rings. The molecule has 0 bridgehead atoms. The number of H-pyrrole nitrogens is 1. The van der Waals surface area contributed by atoms with Crippen molar-refractivity contribution in [2.75, 3.05) is 5.32 Å². The van der Waals surface area contributed by atoms with Crippen molar-refractivity contribution in [1.82, 2.24) is 14.8 Å². The Balaban J connectivity index is 0.00000111. The van der Waals surface area contributed by atoms with E-state index in [1.165, 1.54) is 13.3 Å². The molecule has 3 heterocycles. The Morgan fingerprint density at radius 2 is 1.17 bits per heavy atom. The number of aromatic amines is 1. The fraction of sp³-hybridized carbons (Fsp3) is 0.568. The van der Waals surface area contributed by atoms with E-state index in [9.17, 15) is 24.0 Å². The number of benzene rings is 2. The zero-order valence-electron chi connectivity index (χ0n) is 37.1. The number of fused-ring (bicyclic) bond motifs is 3. The molecule has 3 amide bonds. The number of aromatic nitrogens is 1. The number of ether oxygens (including phenoxy) is 2. The number of nitrogens with zero attached hydrogens (tertiary/aromatic N) is 2. The molecule has 11 nitrogen and oxygen atoms in total. The van der Waals surface area contributed by atoms with Crippen molar-refractivity contribution >= 4 is 153 Å². The van der Waals surface area contributed by atoms with Crippen molar-refractivity contribution in [2.24, 2.45) is 11.8 Å². The van der Waals surface area contributed by atoms with Crippen LogP contribution < -0.4 is 10.7 Å². The number of hydrogen-bond acceptors (Lipinski definition) is 7. The van der Waals surface area contributed by atoms with E-state index in [1.807, 2.05) is 64.6 Å². The van der Waals surface area contributed by atoms with E-state index in [-0.39, 0.29) is 122 Å². The van der Waals surface area contributed by atoms with Crippen LogP contribution in [0.1, 0.15) is 135 Å². The third-order valence-corrected chi connectivity index (χ3v) is 12.5. The lowest BCUT2D eigenvalue weighted by molar-refractivity contribution is -0.120. The first-order valence-corrected chi connectivity index (χ1v) is 21.8. The van der Waals surface area contributed by atoms with Gasteiger partial charge in [0.15, 0.2) is 11.2 Å². The average Bonchev–Trinajstić information content (AvgIpc) is 3.70. The van der Waals surface area contributed by atoms with Crippen LogP contribution in [0.4, 0.5) is 15.3 Å². The molecule has 63 heavy (non-hydrogen) atoms. The van der Waals surface area contributed by atoms with Crippen molar-refractivity contribution < 1.29 is 28.7 Å². The number of anilines is 1. The molecule has 2 aliphatic heterocycles. The summed E-state index contributed by atoms with van der Waals surface area (Å²) in [5.41, 5.74) is 1.30. The maximum atomic E-state index is 13.2. The summed E-state index contributed by atoms with van der Waals surface area (Å²) in [6.07, 6.45) is 9.34. The quantitative estimate of drug-likeness (QED) is 0.248. The van der Waals surface area contributed by atoms with Crippen molar-refractivity contribution in [3.63, 3.8) is 0 Å². The van der Waals surface area contributed by atoms with Gasteiger partial charge in [-0.2, -0.15) is 81.0 Å². The summed E-state index contributed by atoms with van der Waals surface area (Å²) in [6.45, 7) is 12.6. The van der Waals surface area contributed by atoms with Crippen LogP contribution >= 0.6 is 113 Å². The van der Waals surface area contributed by atoms with E-state index < -0.39 is 23.3 Å². The molecule has 1 aromatic heterocycles. The maximum absolute atomic E-state index is 13.2. The van der Waals surface area contributed by atoms with Crippen LogP contribution in [0.25, 0.3) is 10.9 Å². The fourth-order valence-electron chi connectivity index (χ4n) is 9.15. The predicted molar refractivity (Wildman–Crippen MR) is 291 cm³/mol. The highest BCUT2D eigenvalue weighted by molar-refractivity contribution is 9.10. The summed E-state index contributed by atoms with van der Waals surface area (Å²) in [5.74, 6) is 0.373. The Morgan fingerprint density at radius 3 is 1.73 bits per heavy atom. The lowest BCUT2D eigenvalue weighted by Gasteiger charge is -2.35. The number of carbonyl (C=O) groups is 4. The van der Waals surface area contributed by atoms with Crippen LogP contribution in [0.15, 0.2) is 56.2 Å². The largest absolute Gasteiger partial charge is 0.444 e. The van der Waals surface area contributed by atoms with E-state index in [2.05, 4.69) is 42.2 Å². The third kappa shape index (κ3) is 15.2. The normalized spacial score (nSPS) is 22.2. The molecule has 4 aliphatic rings. The first-order valence-electron chi connectivity index (χ1n) is 20.3. The number of pyridine rings is 1. The van der Waals surface area contributed by atoms with Gasteiger partial charge in [-0.3, -0.25) is 24.2 Å². The second kappa shape index (κ2) is 25.5. The Hall–Kier alpha value is -1.61. The van der Waals surface area contributed by atoms with Gasteiger partial charge in [0, 0.05) is 43.7 Å². The minimum atomic E-state index is -0.628. The molecule has 2 saturated heterocycles. The molecule has 0 spiro atoms. The van der Waals surface area contributed by atoms with E-state index in [0.29, 0.717) is 34.9 Å². The zero-order valence-corrected chi connectivity index (χ0v) is 46.3. The SMILES string of the molecule is CC(=O)c1ccc(Br)cc1NC(=O)[C@@H]1C[C@@H]2CCCC[C@@H]2N1C(=O)OC(C)(C)C.CC(C)(C)OC(=O)N1[C@H](c2cc(=O)c3ccc(Br)cc3[nH]2)C[C@@H]2CCCC[C@@H]21.S.S.S.S.S.S. The monoisotopic (exact) mass is 1110 g/mol. The van der Waals surface area contributed by atoms with E-state index in [0.717, 1.165) is 71.5 Å². The van der Waals surface area contributed by atoms with Gasteiger partial charge in [0.25, 0.3) is 0 Å². The minimum absolute atomic E-state index is 0. The maximum Gasteiger partial charge on any atom is 0.411 e. The molecule has 0 radical (unpaired) electrons. The second-order valence-electron chi connectivity index (χ2n) is 18.0. The first kappa shape index (κ1) is 61.4. The van der Waals surface area contributed by atoms with Gasteiger partial charge < -0.3 is 19.8 Å². The Kier molecular flexibility index (Phi) is 24.9. The molecule has 4 fully saturated rings. The number of carbonyl (C=O) groups excluding carboxylic acids is 4. The topological polar surface area (TPSA) is 138 Å². The fourth-order valence-corrected chi connectivity index (χ4v) is 9.88. The number of Topliss-reactive ketones (excluding diaryl/α,β-unsaturated/α-hetero) is 1. The molecular weight excluding hydrogens is 1050 g/mol. The molecule has 7 rings (SSSR count). The number of likely N-dealkylation sites (tertiary alicyclic amines) is 2. The molecule has 356 valence electrons. The van der Waals surface area contributed by atoms with Crippen LogP contribution in [0.5, 0.6) is 0 Å². The van der Waals surface area contributed by atoms with Crippen LogP contribution in [-0.2, 0) is 14.3 Å². The Labute approximate surface area is 431 Å². The summed E-state index contributed by atoms with van der Waals surface area (Å²) in [4.78, 5) is 71.0. The summed E-state index contributed by atoms with van der Waals surface area (Å²) in [6, 6.07) is 11.9. The van der Waals surface area contributed by atoms with Gasteiger partial charge >= 0.3 is 12.2 Å². The van der Waals surface area contributed by atoms with Crippen molar-refractivity contribution in [3.05, 3.63) is 72.9 Å². The van der Waals surface area contributed by atoms with E-state index >= 15 is 0 Å². The van der Waals surface area contributed by atoms with E-state index in [1.54, 1.807) is 29.2 Å². The van der Waals surface area contributed by atoms with E-state index in [4.69, 9.17) is 9.47 Å². The summed E-state index contributed by atoms with van der Waals surface area (Å²) < 4.78 is 13.1. The molecule has 2 aliphatic carbocycles. The van der Waals surface area contributed by atoms with Gasteiger partial charge in [-0.25, -0.2) is 9.59 Å². The van der Waals surface area contributed by atoms with Gasteiger partial charge in [0.2, 0.25) is 5.91 Å². The average molecular weight is 1120 g/mol. The van der Waals surface area contributed by atoms with Crippen molar-refractivity contribution in [2.45, 2.75) is 148 Å². The van der Waals surface area contributed by atoms with Gasteiger partial charge in [-0.05, 0) is 135 Å². The van der Waals surface area contributed by atoms with Gasteiger partial charge in [0.1, 0.15) is 17.2 Å². The smallest absolute Gasteiger partial charge is 0.411 e. The zero-order chi connectivity index (χ0) is 41.4. The number of halogens is 2. The van der Waals surface area contributed by atoms with Crippen molar-refractivity contribution in [1.29, 1.82) is 0 Å². The lowest BCUT2D eigenvalue weighted by atomic mass is 9.84. The van der Waals surface area contributed by atoms with Crippen LogP contribution in [-0.4, -0.2) is 68.0 Å². The highest BCUT2D eigenvalue weighted by atomic mass is 79.9. The van der Waals surface area contributed by atoms with Crippen LogP contribution in [0.2, 0.25) is 0 Å². The standard InChI is InChI=1S/C22H29BrN2O4.C22H27BrN2O3.6H2S/c1-13(26)16-10-9-15(23)12-17(16)24-20(27)19-11-14-7-5-6-8-18(14)25(19)21(28)29-22(2,3)4;1-22(2,3)28-21(27)25-18-7-5-4-6-13(18)10-19(25)17-12-20(26)15-9-8-14(23)11-16(15)24-17;;;;;;/h9-10,12,14,18-19H,5-8,11H2,1-4H3,(H,24,27);8-9,11-13,18-19H,4-7,10H2,1-3H3,(H,24,26);6*1H2/t14-,18-,19-;13-,18-,19-;;;;;;/m00....../s1. The highest BCUT2D eigenvalue weighted by Gasteiger charge is 2.49. The third-order valence-electron chi connectivity index (χ3n) is 11.5. The Bertz CT molecular complexity index is 2100. The number of ketones is 1. The van der Waals surface area contributed by atoms with Crippen LogP contribution in [0, 0.1) is 11.8 Å². The van der Waals surface area contributed by atoms with Crippen LogP contribution in [0.3, 0.4) is 0 Å². The molecule has 2 N–H and O–H groups in total. The molecular formula is C44H68Br2N4O7S6. The summed E-state index contributed by atoms with van der Waals surface area (Å²) >= 11 is 6.87. The molecule has 2 saturated carbocycles.